The summed E-state index contributed by atoms with van der Waals surface area (Å²) < 4.78 is 0. The Labute approximate surface area is 141 Å². The molecule has 3 rings (SSSR count). The Morgan fingerprint density at radius 3 is 2.57 bits per heavy atom. The van der Waals surface area contributed by atoms with Crippen LogP contribution in [-0.4, -0.2) is 34.9 Å². The van der Waals surface area contributed by atoms with Gasteiger partial charge in [-0.05, 0) is 32.3 Å². The number of benzene rings is 1. The van der Waals surface area contributed by atoms with Crippen LogP contribution in [0.4, 0.5) is 0 Å². The number of amides is 1. The van der Waals surface area contributed by atoms with Crippen molar-refractivity contribution in [1.82, 2.24) is 15.2 Å². The van der Waals surface area contributed by atoms with Gasteiger partial charge in [0, 0.05) is 25.7 Å². The van der Waals surface area contributed by atoms with Crippen molar-refractivity contribution in [2.45, 2.75) is 39.3 Å². The summed E-state index contributed by atoms with van der Waals surface area (Å²) in [7, 11) is 0. The van der Waals surface area contributed by atoms with Gasteiger partial charge in [-0.2, -0.15) is 0 Å². The Morgan fingerprint density at radius 1 is 1.26 bits per heavy atom. The molecule has 1 aromatic carbocycles. The molecule has 0 aliphatic carbocycles. The average molecular weight is 329 g/mol. The van der Waals surface area contributed by atoms with Gasteiger partial charge in [0.15, 0.2) is 0 Å². The molecule has 0 unspecified atom stereocenters. The number of nitrogens with zero attached hydrogens (tertiary/aromatic N) is 2. The van der Waals surface area contributed by atoms with Gasteiger partial charge in [0.1, 0.15) is 4.88 Å². The number of piperidine rings is 1. The predicted octanol–water partition coefficient (Wildman–Crippen LogP) is 3.15. The van der Waals surface area contributed by atoms with Crippen LogP contribution in [0.15, 0.2) is 30.3 Å². The molecule has 1 amide bonds. The molecule has 1 aliphatic rings. The fourth-order valence-corrected chi connectivity index (χ4v) is 3.89. The van der Waals surface area contributed by atoms with E-state index in [0.717, 1.165) is 48.1 Å². The molecule has 1 aromatic heterocycles. The second-order valence-electron chi connectivity index (χ2n) is 6.16. The number of rotatable bonds is 4. The molecule has 23 heavy (non-hydrogen) atoms. The second-order valence-corrected chi connectivity index (χ2v) is 7.36. The van der Waals surface area contributed by atoms with Crippen LogP contribution in [0, 0.1) is 13.8 Å². The molecule has 1 fully saturated rings. The number of likely N-dealkylation sites (tertiary alicyclic amines) is 1. The summed E-state index contributed by atoms with van der Waals surface area (Å²) in [6.07, 6.45) is 2.02. The zero-order valence-corrected chi connectivity index (χ0v) is 14.5. The van der Waals surface area contributed by atoms with E-state index in [0.29, 0.717) is 0 Å². The van der Waals surface area contributed by atoms with Crippen molar-refractivity contribution in [3.8, 4) is 0 Å². The van der Waals surface area contributed by atoms with E-state index in [2.05, 4.69) is 45.5 Å². The summed E-state index contributed by atoms with van der Waals surface area (Å²) in [6, 6.07) is 10.8. The summed E-state index contributed by atoms with van der Waals surface area (Å²) in [4.78, 5) is 19.9. The molecule has 5 heteroatoms. The Bertz CT molecular complexity index is 660. The van der Waals surface area contributed by atoms with E-state index in [1.54, 1.807) is 0 Å². The predicted molar refractivity (Wildman–Crippen MR) is 93.8 cm³/mol. The Kier molecular flexibility index (Phi) is 5.08. The molecular weight excluding hydrogens is 306 g/mol. The first-order chi connectivity index (χ1) is 11.1. The van der Waals surface area contributed by atoms with Crippen molar-refractivity contribution in [1.29, 1.82) is 0 Å². The number of hydrogen-bond acceptors (Lipinski definition) is 4. The van der Waals surface area contributed by atoms with Gasteiger partial charge in [-0.3, -0.25) is 9.69 Å². The molecule has 2 aromatic rings. The Hall–Kier alpha value is -1.72. The van der Waals surface area contributed by atoms with E-state index in [1.165, 1.54) is 16.9 Å². The van der Waals surface area contributed by atoms with Crippen LogP contribution in [0.1, 0.15) is 38.8 Å². The molecule has 1 N–H and O–H groups in total. The first kappa shape index (κ1) is 16.1. The summed E-state index contributed by atoms with van der Waals surface area (Å²) in [6.45, 7) is 6.90. The van der Waals surface area contributed by atoms with Gasteiger partial charge in [-0.1, -0.05) is 30.3 Å². The molecule has 1 saturated heterocycles. The van der Waals surface area contributed by atoms with Gasteiger partial charge in [-0.15, -0.1) is 11.3 Å². The lowest BCUT2D eigenvalue weighted by Gasteiger charge is -2.32. The van der Waals surface area contributed by atoms with Crippen LogP contribution in [0.2, 0.25) is 0 Å². The molecule has 0 bridgehead atoms. The second kappa shape index (κ2) is 7.23. The lowest BCUT2D eigenvalue weighted by atomic mass is 10.0. The van der Waals surface area contributed by atoms with Crippen molar-refractivity contribution in [3.63, 3.8) is 0 Å². The zero-order valence-electron chi connectivity index (χ0n) is 13.7. The van der Waals surface area contributed by atoms with Crippen molar-refractivity contribution in [3.05, 3.63) is 51.5 Å². The first-order valence-electron chi connectivity index (χ1n) is 8.13. The van der Waals surface area contributed by atoms with Crippen LogP contribution in [0.5, 0.6) is 0 Å². The fraction of sp³-hybridized carbons (Fsp3) is 0.444. The average Bonchev–Trinajstić information content (AvgIpc) is 2.89. The van der Waals surface area contributed by atoms with Gasteiger partial charge in [-0.25, -0.2) is 4.98 Å². The summed E-state index contributed by atoms with van der Waals surface area (Å²) >= 11 is 1.48. The molecule has 2 heterocycles. The number of hydrogen-bond donors (Lipinski definition) is 1. The molecule has 0 radical (unpaired) electrons. The maximum atomic E-state index is 12.4. The van der Waals surface area contributed by atoms with Crippen molar-refractivity contribution >= 4 is 17.2 Å². The van der Waals surface area contributed by atoms with Crippen LogP contribution < -0.4 is 5.32 Å². The number of aromatic nitrogens is 1. The van der Waals surface area contributed by atoms with Gasteiger partial charge < -0.3 is 5.32 Å². The third kappa shape index (κ3) is 4.18. The molecule has 4 nitrogen and oxygen atoms in total. The lowest BCUT2D eigenvalue weighted by molar-refractivity contribution is 0.0912. The summed E-state index contributed by atoms with van der Waals surface area (Å²) in [5, 5.41) is 4.13. The van der Waals surface area contributed by atoms with E-state index in [9.17, 15) is 4.79 Å². The van der Waals surface area contributed by atoms with E-state index in [4.69, 9.17) is 0 Å². The molecule has 122 valence electrons. The summed E-state index contributed by atoms with van der Waals surface area (Å²) in [5.41, 5.74) is 2.19. The highest BCUT2D eigenvalue weighted by Crippen LogP contribution is 2.19. The Morgan fingerprint density at radius 2 is 1.96 bits per heavy atom. The van der Waals surface area contributed by atoms with Gasteiger partial charge in [0.05, 0.1) is 10.7 Å². The largest absolute Gasteiger partial charge is 0.348 e. The van der Waals surface area contributed by atoms with Crippen molar-refractivity contribution in [2.75, 3.05) is 13.1 Å². The highest BCUT2D eigenvalue weighted by Gasteiger charge is 2.22. The molecule has 1 aliphatic heterocycles. The minimum atomic E-state index is 0.0367. The van der Waals surface area contributed by atoms with E-state index in [-0.39, 0.29) is 11.9 Å². The highest BCUT2D eigenvalue weighted by molar-refractivity contribution is 7.13. The van der Waals surface area contributed by atoms with Gasteiger partial charge in [0.2, 0.25) is 0 Å². The number of nitrogens with one attached hydrogen (secondary N) is 1. The van der Waals surface area contributed by atoms with Gasteiger partial charge in [0.25, 0.3) is 5.91 Å². The molecule has 0 spiro atoms. The molecular formula is C18H23N3OS. The van der Waals surface area contributed by atoms with Crippen LogP contribution >= 0.6 is 11.3 Å². The zero-order chi connectivity index (χ0) is 16.2. The summed E-state index contributed by atoms with van der Waals surface area (Å²) in [5.74, 6) is 0.0367. The molecule has 0 atom stereocenters. The molecule has 0 saturated carbocycles. The first-order valence-corrected chi connectivity index (χ1v) is 8.94. The van der Waals surface area contributed by atoms with Crippen LogP contribution in [-0.2, 0) is 6.54 Å². The lowest BCUT2D eigenvalue weighted by Crippen LogP contribution is -2.44. The standard InChI is InChI=1S/C18H23N3OS/c1-13-17(23-14(2)19-13)18(22)20-16-8-10-21(11-9-16)12-15-6-4-3-5-7-15/h3-7,16H,8-12H2,1-2H3,(H,20,22). The normalized spacial score (nSPS) is 16.4. The minimum Gasteiger partial charge on any atom is -0.348 e. The number of carbonyl (C=O) groups is 1. The number of aryl methyl sites for hydroxylation is 2. The third-order valence-corrected chi connectivity index (χ3v) is 5.35. The maximum absolute atomic E-state index is 12.4. The van der Waals surface area contributed by atoms with Crippen molar-refractivity contribution < 1.29 is 4.79 Å². The number of carbonyl (C=O) groups excluding carboxylic acids is 1. The number of thiazole rings is 1. The maximum Gasteiger partial charge on any atom is 0.263 e. The Balaban J connectivity index is 1.49. The smallest absolute Gasteiger partial charge is 0.263 e. The van der Waals surface area contributed by atoms with E-state index >= 15 is 0 Å². The monoisotopic (exact) mass is 329 g/mol. The quantitative estimate of drug-likeness (QED) is 0.937. The SMILES string of the molecule is Cc1nc(C)c(C(=O)NC2CCN(Cc3ccccc3)CC2)s1. The topological polar surface area (TPSA) is 45.2 Å². The van der Waals surface area contributed by atoms with E-state index < -0.39 is 0 Å². The van der Waals surface area contributed by atoms with Crippen LogP contribution in [0.3, 0.4) is 0 Å². The highest BCUT2D eigenvalue weighted by atomic mass is 32.1. The third-order valence-electron chi connectivity index (χ3n) is 4.28. The van der Waals surface area contributed by atoms with Crippen LogP contribution in [0.25, 0.3) is 0 Å². The van der Waals surface area contributed by atoms with Crippen molar-refractivity contribution in [2.24, 2.45) is 0 Å². The minimum absolute atomic E-state index is 0.0367. The van der Waals surface area contributed by atoms with E-state index in [1.807, 2.05) is 13.8 Å². The fourth-order valence-electron chi connectivity index (χ4n) is 3.07. The van der Waals surface area contributed by atoms with Gasteiger partial charge >= 0.3 is 0 Å².